The van der Waals surface area contributed by atoms with Gasteiger partial charge < -0.3 is 16.4 Å². The fraction of sp³-hybridized carbons (Fsp3) is 0.455. The van der Waals surface area contributed by atoms with Crippen LogP contribution in [-0.4, -0.2) is 38.3 Å². The summed E-state index contributed by atoms with van der Waals surface area (Å²) in [4.78, 5) is 13.5. The molecule has 2 rings (SSSR count). The van der Waals surface area contributed by atoms with E-state index in [1.807, 2.05) is 0 Å². The number of amidine groups is 1. The smallest absolute Gasteiger partial charge is 0.416 e. The summed E-state index contributed by atoms with van der Waals surface area (Å²) < 4.78 is 5.31. The molecule has 0 aromatic carbocycles. The molecule has 1 amide bonds. The van der Waals surface area contributed by atoms with E-state index in [0.29, 0.717) is 11.3 Å². The highest BCUT2D eigenvalue weighted by Gasteiger charge is 2.35. The largest absolute Gasteiger partial charge is 0.443 e. The first-order chi connectivity index (χ1) is 9.37. The minimum Gasteiger partial charge on any atom is -0.443 e. The van der Waals surface area contributed by atoms with Crippen LogP contribution in [-0.2, 0) is 11.3 Å². The lowest BCUT2D eigenvalue weighted by Crippen LogP contribution is -2.47. The van der Waals surface area contributed by atoms with Gasteiger partial charge in [-0.25, -0.2) is 4.79 Å². The maximum absolute atomic E-state index is 12.2. The first-order valence-corrected chi connectivity index (χ1v) is 5.96. The second kappa shape index (κ2) is 4.83. The predicted molar refractivity (Wildman–Crippen MR) is 72.7 cm³/mol. The molecule has 0 fully saturated rings. The van der Waals surface area contributed by atoms with E-state index in [9.17, 15) is 4.79 Å². The number of amides is 1. The summed E-state index contributed by atoms with van der Waals surface area (Å²) in [5.74, 6) is 10.9. The van der Waals surface area contributed by atoms with Gasteiger partial charge in [-0.15, -0.1) is 0 Å². The van der Waals surface area contributed by atoms with E-state index < -0.39 is 11.7 Å². The first-order valence-electron chi connectivity index (χ1n) is 5.96. The molecule has 9 heteroatoms. The molecule has 0 bridgehead atoms. The topological polar surface area (TPSA) is 135 Å². The molecule has 108 valence electrons. The Bertz CT molecular complexity index is 582. The van der Waals surface area contributed by atoms with Crippen molar-refractivity contribution in [1.29, 1.82) is 0 Å². The zero-order valence-corrected chi connectivity index (χ0v) is 11.5. The van der Waals surface area contributed by atoms with E-state index in [1.165, 1.54) is 4.90 Å². The molecule has 20 heavy (non-hydrogen) atoms. The van der Waals surface area contributed by atoms with Crippen molar-refractivity contribution in [2.75, 3.05) is 0 Å². The van der Waals surface area contributed by atoms with Crippen LogP contribution in [0.15, 0.2) is 16.4 Å². The summed E-state index contributed by atoms with van der Waals surface area (Å²) in [5.41, 5.74) is 1.00. The average molecular weight is 279 g/mol. The van der Waals surface area contributed by atoms with E-state index in [0.717, 1.165) is 0 Å². The lowest BCUT2D eigenvalue weighted by Gasteiger charge is -2.30. The maximum atomic E-state index is 12.2. The number of aromatic amines is 1. The molecule has 9 nitrogen and oxygen atoms in total. The van der Waals surface area contributed by atoms with Gasteiger partial charge in [0.15, 0.2) is 5.84 Å². The Morgan fingerprint density at radius 1 is 1.45 bits per heavy atom. The summed E-state index contributed by atoms with van der Waals surface area (Å²) in [6.07, 6.45) is 0.974. The zero-order chi connectivity index (χ0) is 14.9. The van der Waals surface area contributed by atoms with Crippen molar-refractivity contribution >= 4 is 17.6 Å². The number of nitrogens with zero attached hydrogens (tertiary/aromatic N) is 4. The molecule has 1 aromatic rings. The Kier molecular flexibility index (Phi) is 3.35. The average Bonchev–Trinajstić information content (AvgIpc) is 2.81. The van der Waals surface area contributed by atoms with Crippen molar-refractivity contribution in [3.05, 3.63) is 17.5 Å². The van der Waals surface area contributed by atoms with Crippen LogP contribution in [0.25, 0.3) is 0 Å². The van der Waals surface area contributed by atoms with E-state index in [4.69, 9.17) is 16.4 Å². The number of rotatable bonds is 0. The van der Waals surface area contributed by atoms with Crippen LogP contribution in [0.3, 0.4) is 0 Å². The second-order valence-corrected chi connectivity index (χ2v) is 5.26. The molecule has 0 radical (unpaired) electrons. The number of aromatic nitrogens is 2. The van der Waals surface area contributed by atoms with Crippen LogP contribution < -0.4 is 11.7 Å². The molecule has 0 unspecified atom stereocenters. The number of fused-ring (bicyclic) bond motifs is 1. The third-order valence-electron chi connectivity index (χ3n) is 2.62. The molecular formula is C11H17N7O2. The van der Waals surface area contributed by atoms with Gasteiger partial charge >= 0.3 is 6.09 Å². The fourth-order valence-corrected chi connectivity index (χ4v) is 1.84. The third-order valence-corrected chi connectivity index (χ3v) is 2.62. The lowest BCUT2D eigenvalue weighted by molar-refractivity contribution is 0.0358. The Labute approximate surface area is 115 Å². The fourth-order valence-electron chi connectivity index (χ4n) is 1.84. The van der Waals surface area contributed by atoms with Crippen LogP contribution in [0.2, 0.25) is 0 Å². The normalized spacial score (nSPS) is 19.2. The predicted octanol–water partition coefficient (Wildman–Crippen LogP) is 0.0954. The molecule has 0 aliphatic carbocycles. The van der Waals surface area contributed by atoms with Crippen LogP contribution in [0, 0.1) is 0 Å². The quantitative estimate of drug-likeness (QED) is 0.457. The Balaban J connectivity index is 2.39. The molecule has 1 aliphatic heterocycles. The summed E-state index contributed by atoms with van der Waals surface area (Å²) in [5, 5.41) is 13.9. The number of hydrazone groups is 2. The van der Waals surface area contributed by atoms with Gasteiger partial charge in [0.1, 0.15) is 11.3 Å². The Hall–Kier alpha value is -2.58. The summed E-state index contributed by atoms with van der Waals surface area (Å²) in [7, 11) is 0. The van der Waals surface area contributed by atoms with Crippen LogP contribution in [0.4, 0.5) is 4.79 Å². The molecule has 0 saturated carbocycles. The zero-order valence-electron chi connectivity index (χ0n) is 11.5. The van der Waals surface area contributed by atoms with Gasteiger partial charge in [-0.2, -0.15) is 15.3 Å². The van der Waals surface area contributed by atoms with Crippen LogP contribution in [0.5, 0.6) is 0 Å². The highest BCUT2D eigenvalue weighted by Crippen LogP contribution is 2.21. The summed E-state index contributed by atoms with van der Waals surface area (Å²) in [6.45, 7) is 5.52. The first kappa shape index (κ1) is 13.8. The summed E-state index contributed by atoms with van der Waals surface area (Å²) in [6, 6.07) is 0. The maximum Gasteiger partial charge on any atom is 0.416 e. The van der Waals surface area contributed by atoms with Crippen molar-refractivity contribution in [3.63, 3.8) is 0 Å². The molecule has 0 atom stereocenters. The molecule has 1 aliphatic rings. The monoisotopic (exact) mass is 279 g/mol. The SMILES string of the molecule is CC(C)(C)OC(=O)N1Cc2[nH]ncc2C(=N\N)/C1=N/N. The number of carbonyl (C=O) groups is 1. The van der Waals surface area contributed by atoms with Gasteiger partial charge in [0.25, 0.3) is 0 Å². The van der Waals surface area contributed by atoms with Gasteiger partial charge in [-0.1, -0.05) is 0 Å². The van der Waals surface area contributed by atoms with Gasteiger partial charge in [-0.05, 0) is 20.8 Å². The molecule has 1 aromatic heterocycles. The minimum absolute atomic E-state index is 0.149. The van der Waals surface area contributed by atoms with Gasteiger partial charge in [-0.3, -0.25) is 10.00 Å². The van der Waals surface area contributed by atoms with Gasteiger partial charge in [0.2, 0.25) is 0 Å². The second-order valence-electron chi connectivity index (χ2n) is 5.26. The van der Waals surface area contributed by atoms with E-state index in [1.54, 1.807) is 27.0 Å². The van der Waals surface area contributed by atoms with Crippen molar-refractivity contribution in [2.24, 2.45) is 21.9 Å². The van der Waals surface area contributed by atoms with Crippen molar-refractivity contribution in [2.45, 2.75) is 32.9 Å². The van der Waals surface area contributed by atoms with Crippen molar-refractivity contribution in [3.8, 4) is 0 Å². The number of carbonyl (C=O) groups excluding carboxylic acids is 1. The number of nitrogens with one attached hydrogen (secondary N) is 1. The number of hydrogen-bond donors (Lipinski definition) is 3. The molecule has 2 heterocycles. The Morgan fingerprint density at radius 2 is 2.15 bits per heavy atom. The molecule has 5 N–H and O–H groups in total. The molecule has 0 spiro atoms. The number of nitrogens with two attached hydrogens (primary N) is 2. The standard InChI is InChI=1S/C11H17N7O2/c1-11(2,3)20-10(19)18-5-7-6(4-14-17-7)8(15-12)9(18)16-13/h4H,5,12-13H2,1-3H3,(H,14,17)/b15-8+,16-9-. The van der Waals surface area contributed by atoms with Crippen molar-refractivity contribution < 1.29 is 9.53 Å². The summed E-state index contributed by atoms with van der Waals surface area (Å²) >= 11 is 0. The van der Waals surface area contributed by atoms with Crippen molar-refractivity contribution in [1.82, 2.24) is 15.1 Å². The highest BCUT2D eigenvalue weighted by molar-refractivity contribution is 6.49. The highest BCUT2D eigenvalue weighted by atomic mass is 16.6. The molecule has 0 saturated heterocycles. The van der Waals surface area contributed by atoms with Crippen LogP contribution >= 0.6 is 0 Å². The minimum atomic E-state index is -0.634. The van der Waals surface area contributed by atoms with Gasteiger partial charge in [0, 0.05) is 5.56 Å². The van der Waals surface area contributed by atoms with E-state index in [-0.39, 0.29) is 18.1 Å². The van der Waals surface area contributed by atoms with Crippen LogP contribution in [0.1, 0.15) is 32.0 Å². The lowest BCUT2D eigenvalue weighted by atomic mass is 10.1. The van der Waals surface area contributed by atoms with Gasteiger partial charge in [0.05, 0.1) is 18.4 Å². The number of H-pyrrole nitrogens is 1. The Morgan fingerprint density at radius 3 is 2.70 bits per heavy atom. The molecular weight excluding hydrogens is 262 g/mol. The van der Waals surface area contributed by atoms with E-state index >= 15 is 0 Å². The van der Waals surface area contributed by atoms with E-state index in [2.05, 4.69) is 20.4 Å². The number of ether oxygens (including phenoxy) is 1. The third kappa shape index (κ3) is 2.42. The number of hydrogen-bond acceptors (Lipinski definition) is 7.